The molecule has 0 radical (unpaired) electrons. The van der Waals surface area contributed by atoms with Crippen LogP contribution in [0.15, 0.2) is 24.3 Å². The first-order chi connectivity index (χ1) is 7.98. The topological polar surface area (TPSA) is 12.0 Å². The number of benzene rings is 1. The van der Waals surface area contributed by atoms with Crippen molar-refractivity contribution in [2.75, 3.05) is 6.54 Å². The smallest absolute Gasteiger partial charge is 0.313 e. The summed E-state index contributed by atoms with van der Waals surface area (Å²) in [6.45, 7) is 3.07. The molecule has 1 aliphatic heterocycles. The zero-order valence-electron chi connectivity index (χ0n) is 9.72. The van der Waals surface area contributed by atoms with Gasteiger partial charge < -0.3 is 5.32 Å². The average Bonchev–Trinajstić information content (AvgIpc) is 2.80. The van der Waals surface area contributed by atoms with E-state index in [0.29, 0.717) is 6.04 Å². The quantitative estimate of drug-likeness (QED) is 0.837. The van der Waals surface area contributed by atoms with Crippen LogP contribution >= 0.6 is 0 Å². The van der Waals surface area contributed by atoms with E-state index in [1.165, 1.54) is 12.1 Å². The highest BCUT2D eigenvalue weighted by molar-refractivity contribution is 5.27. The normalized spacial score (nSPS) is 22.7. The lowest BCUT2D eigenvalue weighted by atomic mass is 9.92. The second-order valence-electron chi connectivity index (χ2n) is 4.61. The molecular weight excluding hydrogens is 227 g/mol. The molecule has 0 aliphatic carbocycles. The molecule has 0 bridgehead atoms. The van der Waals surface area contributed by atoms with Crippen LogP contribution in [-0.4, -0.2) is 12.6 Å². The molecule has 2 rings (SSSR count). The molecule has 1 aromatic rings. The maximum absolute atomic E-state index is 12.4. The van der Waals surface area contributed by atoms with Crippen molar-refractivity contribution in [1.29, 1.82) is 0 Å². The Morgan fingerprint density at radius 2 is 1.88 bits per heavy atom. The van der Waals surface area contributed by atoms with Gasteiger partial charge in [-0.2, -0.15) is 13.2 Å². The molecule has 1 aromatic carbocycles. The van der Waals surface area contributed by atoms with Crippen LogP contribution in [-0.2, 0) is 6.18 Å². The maximum Gasteiger partial charge on any atom is 0.416 e. The lowest BCUT2D eigenvalue weighted by molar-refractivity contribution is -0.137. The first-order valence-corrected chi connectivity index (χ1v) is 5.89. The lowest BCUT2D eigenvalue weighted by Gasteiger charge is -2.20. The van der Waals surface area contributed by atoms with E-state index < -0.39 is 11.7 Å². The lowest BCUT2D eigenvalue weighted by Crippen LogP contribution is -2.27. The van der Waals surface area contributed by atoms with Gasteiger partial charge in [0, 0.05) is 6.04 Å². The zero-order valence-corrected chi connectivity index (χ0v) is 9.72. The molecule has 2 atom stereocenters. The first kappa shape index (κ1) is 12.4. The van der Waals surface area contributed by atoms with Crippen LogP contribution in [0, 0.1) is 0 Å². The summed E-state index contributed by atoms with van der Waals surface area (Å²) in [6.07, 6.45) is -1.99. The van der Waals surface area contributed by atoms with E-state index in [9.17, 15) is 13.2 Å². The van der Waals surface area contributed by atoms with Crippen LogP contribution in [0.25, 0.3) is 0 Å². The van der Waals surface area contributed by atoms with Crippen molar-refractivity contribution in [2.24, 2.45) is 0 Å². The molecule has 1 nitrogen and oxygen atoms in total. The standard InChI is InChI=1S/C13H16F3N/c1-9(12-3-2-8-17-12)10-4-6-11(7-5-10)13(14,15)16/h4-7,9,12,17H,2-3,8H2,1H3. The molecule has 1 heterocycles. The minimum Gasteiger partial charge on any atom is -0.313 e. The molecule has 0 aromatic heterocycles. The van der Waals surface area contributed by atoms with Crippen molar-refractivity contribution in [2.45, 2.75) is 37.9 Å². The molecule has 1 fully saturated rings. The number of hydrogen-bond acceptors (Lipinski definition) is 1. The Bertz CT molecular complexity index is 363. The van der Waals surface area contributed by atoms with E-state index >= 15 is 0 Å². The second kappa shape index (κ2) is 4.69. The highest BCUT2D eigenvalue weighted by Crippen LogP contribution is 2.31. The summed E-state index contributed by atoms with van der Waals surface area (Å²) in [5.41, 5.74) is 0.394. The van der Waals surface area contributed by atoms with Crippen LogP contribution in [0.5, 0.6) is 0 Å². The van der Waals surface area contributed by atoms with Gasteiger partial charge in [0.1, 0.15) is 0 Å². The fourth-order valence-electron chi connectivity index (χ4n) is 2.35. The van der Waals surface area contributed by atoms with Gasteiger partial charge in [0.05, 0.1) is 5.56 Å². The molecule has 1 aliphatic rings. The maximum atomic E-state index is 12.4. The number of hydrogen-bond donors (Lipinski definition) is 1. The highest BCUT2D eigenvalue weighted by atomic mass is 19.4. The Labute approximate surface area is 99.0 Å². The number of nitrogens with one attached hydrogen (secondary N) is 1. The number of alkyl halides is 3. The Morgan fingerprint density at radius 3 is 2.35 bits per heavy atom. The third-order valence-electron chi connectivity index (χ3n) is 3.47. The predicted octanol–water partition coefficient (Wildman–Crippen LogP) is 3.56. The van der Waals surface area contributed by atoms with Gasteiger partial charge in [-0.3, -0.25) is 0 Å². The molecule has 17 heavy (non-hydrogen) atoms. The summed E-state index contributed by atoms with van der Waals surface area (Å²) in [6, 6.07) is 5.91. The second-order valence-corrected chi connectivity index (χ2v) is 4.61. The van der Waals surface area contributed by atoms with E-state index in [0.717, 1.165) is 24.9 Å². The average molecular weight is 243 g/mol. The minimum atomic E-state index is -4.24. The van der Waals surface area contributed by atoms with E-state index in [-0.39, 0.29) is 5.92 Å². The summed E-state index contributed by atoms with van der Waals surface area (Å²) in [4.78, 5) is 0. The Morgan fingerprint density at radius 1 is 1.24 bits per heavy atom. The molecule has 2 unspecified atom stereocenters. The van der Waals surface area contributed by atoms with Crippen molar-refractivity contribution < 1.29 is 13.2 Å². The third-order valence-corrected chi connectivity index (χ3v) is 3.47. The van der Waals surface area contributed by atoms with Crippen molar-refractivity contribution in [3.63, 3.8) is 0 Å². The SMILES string of the molecule is CC(c1ccc(C(F)(F)F)cc1)C1CCCN1. The van der Waals surface area contributed by atoms with E-state index in [4.69, 9.17) is 0 Å². The van der Waals surface area contributed by atoms with E-state index in [1.54, 1.807) is 12.1 Å². The summed E-state index contributed by atoms with van der Waals surface area (Å²) in [7, 11) is 0. The van der Waals surface area contributed by atoms with Crippen molar-refractivity contribution in [3.8, 4) is 0 Å². The van der Waals surface area contributed by atoms with Gasteiger partial charge in [-0.25, -0.2) is 0 Å². The Kier molecular flexibility index (Phi) is 3.43. The van der Waals surface area contributed by atoms with Gasteiger partial charge >= 0.3 is 6.18 Å². The Balaban J connectivity index is 2.12. The predicted molar refractivity (Wildman–Crippen MR) is 60.9 cm³/mol. The van der Waals surface area contributed by atoms with Gasteiger partial charge in [0.25, 0.3) is 0 Å². The molecule has 94 valence electrons. The van der Waals surface area contributed by atoms with Gasteiger partial charge in [0.2, 0.25) is 0 Å². The van der Waals surface area contributed by atoms with Gasteiger partial charge in [-0.1, -0.05) is 19.1 Å². The van der Waals surface area contributed by atoms with Gasteiger partial charge in [0.15, 0.2) is 0 Å². The Hall–Kier alpha value is -1.03. The fraction of sp³-hybridized carbons (Fsp3) is 0.538. The molecule has 0 amide bonds. The van der Waals surface area contributed by atoms with Crippen molar-refractivity contribution >= 4 is 0 Å². The van der Waals surface area contributed by atoms with Gasteiger partial charge in [-0.15, -0.1) is 0 Å². The summed E-state index contributed by atoms with van der Waals surface area (Å²) in [5.74, 6) is 0.264. The number of halogens is 3. The highest BCUT2D eigenvalue weighted by Gasteiger charge is 2.30. The monoisotopic (exact) mass is 243 g/mol. The summed E-state index contributed by atoms with van der Waals surface area (Å²) < 4.78 is 37.2. The van der Waals surface area contributed by atoms with Crippen molar-refractivity contribution in [3.05, 3.63) is 35.4 Å². The zero-order chi connectivity index (χ0) is 12.5. The molecule has 0 saturated carbocycles. The van der Waals surface area contributed by atoms with Gasteiger partial charge in [-0.05, 0) is 43.0 Å². The summed E-state index contributed by atoms with van der Waals surface area (Å²) in [5, 5.41) is 3.38. The molecule has 0 spiro atoms. The van der Waals surface area contributed by atoms with E-state index in [1.807, 2.05) is 0 Å². The molecule has 1 N–H and O–H groups in total. The largest absolute Gasteiger partial charge is 0.416 e. The molecule has 1 saturated heterocycles. The molecular formula is C13H16F3N. The summed E-state index contributed by atoms with van der Waals surface area (Å²) >= 11 is 0. The van der Waals surface area contributed by atoms with Crippen LogP contribution in [0.4, 0.5) is 13.2 Å². The first-order valence-electron chi connectivity index (χ1n) is 5.89. The fourth-order valence-corrected chi connectivity index (χ4v) is 2.35. The van der Waals surface area contributed by atoms with Crippen LogP contribution in [0.3, 0.4) is 0 Å². The molecule has 4 heteroatoms. The van der Waals surface area contributed by atoms with Crippen LogP contribution < -0.4 is 5.32 Å². The number of rotatable bonds is 2. The minimum absolute atomic E-state index is 0.264. The van der Waals surface area contributed by atoms with Crippen LogP contribution in [0.1, 0.15) is 36.8 Å². The third kappa shape index (κ3) is 2.80. The van der Waals surface area contributed by atoms with Crippen LogP contribution in [0.2, 0.25) is 0 Å². The van der Waals surface area contributed by atoms with Crippen molar-refractivity contribution in [1.82, 2.24) is 5.32 Å². The van der Waals surface area contributed by atoms with E-state index in [2.05, 4.69) is 12.2 Å².